The van der Waals surface area contributed by atoms with Gasteiger partial charge < -0.3 is 10.2 Å². The lowest BCUT2D eigenvalue weighted by atomic mass is 10.00. The fraction of sp³-hybridized carbons (Fsp3) is 0.105. The topological polar surface area (TPSA) is 80.1 Å². The molecule has 0 saturated carbocycles. The van der Waals surface area contributed by atoms with Crippen LogP contribution in [0.3, 0.4) is 0 Å². The van der Waals surface area contributed by atoms with E-state index in [1.165, 1.54) is 21.7 Å². The second-order valence-electron chi connectivity index (χ2n) is 10.7. The van der Waals surface area contributed by atoms with Gasteiger partial charge in [0.1, 0.15) is 23.9 Å². The number of amides is 2. The zero-order valence-corrected chi connectivity index (χ0v) is 24.9. The smallest absolute Gasteiger partial charge is 0.247 e. The van der Waals surface area contributed by atoms with Gasteiger partial charge in [0.15, 0.2) is 0 Å². The minimum absolute atomic E-state index is 0.0507. The summed E-state index contributed by atoms with van der Waals surface area (Å²) < 4.78 is 15.4. The lowest BCUT2D eigenvalue weighted by Gasteiger charge is -2.32. The molecule has 7 nitrogen and oxygen atoms in total. The molecule has 0 saturated heterocycles. The first-order valence-electron chi connectivity index (χ1n) is 14.8. The molecule has 2 amide bonds. The van der Waals surface area contributed by atoms with Gasteiger partial charge in [-0.1, -0.05) is 102 Å². The van der Waals surface area contributed by atoms with Crippen LogP contribution < -0.4 is 5.32 Å². The molecule has 1 aromatic heterocycles. The van der Waals surface area contributed by atoms with E-state index in [4.69, 9.17) is 0 Å². The van der Waals surface area contributed by atoms with Crippen molar-refractivity contribution in [1.82, 2.24) is 25.2 Å². The molecule has 6 rings (SSSR count). The van der Waals surface area contributed by atoms with Gasteiger partial charge in [-0.15, -0.1) is 5.10 Å². The van der Waals surface area contributed by atoms with Crippen LogP contribution in [0, 0.1) is 17.7 Å². The summed E-state index contributed by atoms with van der Waals surface area (Å²) in [4.78, 5) is 30.0. The molecular weight excluding hydrogens is 577 g/mol. The lowest BCUT2D eigenvalue weighted by molar-refractivity contribution is -0.142. The average Bonchev–Trinajstić information content (AvgIpc) is 3.50. The standard InChI is InChI=1S/C38H30FN5O2/c39-33-22-20-31(21-23-33)26-43(36(45)27-44-35-17-8-7-16-34(35)41-42-44)37(38(46)40-25-30-12-5-2-6-13-30)32-15-9-14-29(24-32)19-18-28-10-3-1-4-11-28/h1-17,20-24,37H,25-27H2,(H,40,46)/t37-/m1/s1. The van der Waals surface area contributed by atoms with E-state index in [0.29, 0.717) is 27.7 Å². The van der Waals surface area contributed by atoms with E-state index in [0.717, 1.165) is 11.1 Å². The highest BCUT2D eigenvalue weighted by Gasteiger charge is 2.32. The maximum Gasteiger partial charge on any atom is 0.247 e. The molecule has 1 N–H and O–H groups in total. The predicted molar refractivity (Wildman–Crippen MR) is 174 cm³/mol. The molecule has 0 spiro atoms. The van der Waals surface area contributed by atoms with Gasteiger partial charge in [-0.05, 0) is 65.2 Å². The second kappa shape index (κ2) is 14.1. The average molecular weight is 608 g/mol. The summed E-state index contributed by atoms with van der Waals surface area (Å²) in [6, 6.07) is 38.8. The Morgan fingerprint density at radius 1 is 0.761 bits per heavy atom. The monoisotopic (exact) mass is 607 g/mol. The normalized spacial score (nSPS) is 11.3. The molecule has 0 fully saturated rings. The number of nitrogens with one attached hydrogen (secondary N) is 1. The highest BCUT2D eigenvalue weighted by Crippen LogP contribution is 2.26. The number of rotatable bonds is 9. The molecule has 6 aromatic rings. The SMILES string of the molecule is O=C(NCc1ccccc1)[C@@H](c1cccc(C#Cc2ccccc2)c1)N(Cc1ccc(F)cc1)C(=O)Cn1nnc2ccccc21. The Morgan fingerprint density at radius 3 is 2.22 bits per heavy atom. The Hall–Kier alpha value is -6.07. The molecule has 1 atom stereocenters. The van der Waals surface area contributed by atoms with Crippen LogP contribution in [0.25, 0.3) is 11.0 Å². The quantitative estimate of drug-likeness (QED) is 0.203. The summed E-state index contributed by atoms with van der Waals surface area (Å²) in [6.45, 7) is 0.169. The minimum Gasteiger partial charge on any atom is -0.350 e. The van der Waals surface area contributed by atoms with Crippen molar-refractivity contribution < 1.29 is 14.0 Å². The van der Waals surface area contributed by atoms with Crippen LogP contribution in [-0.4, -0.2) is 31.7 Å². The number of nitrogens with zero attached hydrogens (tertiary/aromatic N) is 4. The van der Waals surface area contributed by atoms with Crippen LogP contribution >= 0.6 is 0 Å². The summed E-state index contributed by atoms with van der Waals surface area (Å²) in [5, 5.41) is 11.4. The Kier molecular flexibility index (Phi) is 9.22. The zero-order chi connectivity index (χ0) is 31.7. The third-order valence-corrected chi connectivity index (χ3v) is 7.49. The molecule has 0 unspecified atom stereocenters. The molecule has 46 heavy (non-hydrogen) atoms. The number of benzene rings is 5. The number of hydrogen-bond acceptors (Lipinski definition) is 4. The van der Waals surface area contributed by atoms with Gasteiger partial charge in [0.25, 0.3) is 0 Å². The summed E-state index contributed by atoms with van der Waals surface area (Å²) in [5.74, 6) is 5.23. The molecule has 0 aliphatic heterocycles. The second-order valence-corrected chi connectivity index (χ2v) is 10.7. The van der Waals surface area contributed by atoms with Crippen molar-refractivity contribution in [3.63, 3.8) is 0 Å². The number of aromatic nitrogens is 3. The first-order chi connectivity index (χ1) is 22.5. The van der Waals surface area contributed by atoms with E-state index in [9.17, 15) is 14.0 Å². The summed E-state index contributed by atoms with van der Waals surface area (Å²) in [6.07, 6.45) is 0. The van der Waals surface area contributed by atoms with Crippen LogP contribution in [0.5, 0.6) is 0 Å². The molecular formula is C38H30FN5O2. The lowest BCUT2D eigenvalue weighted by Crippen LogP contribution is -2.44. The highest BCUT2D eigenvalue weighted by atomic mass is 19.1. The molecule has 0 radical (unpaired) electrons. The third kappa shape index (κ3) is 7.34. The molecule has 8 heteroatoms. The van der Waals surface area contributed by atoms with E-state index in [1.807, 2.05) is 109 Å². The maximum absolute atomic E-state index is 14.3. The molecule has 1 heterocycles. The van der Waals surface area contributed by atoms with Crippen molar-refractivity contribution in [2.24, 2.45) is 0 Å². The van der Waals surface area contributed by atoms with E-state index in [-0.39, 0.29) is 31.4 Å². The van der Waals surface area contributed by atoms with Gasteiger partial charge >= 0.3 is 0 Å². The van der Waals surface area contributed by atoms with E-state index < -0.39 is 11.9 Å². The van der Waals surface area contributed by atoms with Crippen LogP contribution in [0.1, 0.15) is 33.9 Å². The van der Waals surface area contributed by atoms with Gasteiger partial charge in [0.05, 0.1) is 5.52 Å². The van der Waals surface area contributed by atoms with Crippen LogP contribution in [0.2, 0.25) is 0 Å². The van der Waals surface area contributed by atoms with Gasteiger partial charge in [-0.3, -0.25) is 9.59 Å². The fourth-order valence-electron chi connectivity index (χ4n) is 5.17. The number of carbonyl (C=O) groups is 2. The van der Waals surface area contributed by atoms with E-state index >= 15 is 0 Å². The van der Waals surface area contributed by atoms with Crippen molar-refractivity contribution in [2.75, 3.05) is 0 Å². The molecule has 0 aliphatic rings. The zero-order valence-electron chi connectivity index (χ0n) is 24.9. The van der Waals surface area contributed by atoms with Gasteiger partial charge in [-0.25, -0.2) is 9.07 Å². The maximum atomic E-state index is 14.3. The summed E-state index contributed by atoms with van der Waals surface area (Å²) in [7, 11) is 0. The molecule has 226 valence electrons. The number of halogens is 1. The van der Waals surface area contributed by atoms with Gasteiger partial charge in [0, 0.05) is 24.2 Å². The Morgan fingerprint density at radius 2 is 1.43 bits per heavy atom. The van der Waals surface area contributed by atoms with Crippen LogP contribution in [-0.2, 0) is 29.2 Å². The number of para-hydroxylation sites is 1. The van der Waals surface area contributed by atoms with Crippen molar-refractivity contribution in [3.8, 4) is 11.8 Å². The first kappa shape index (κ1) is 30.0. The third-order valence-electron chi connectivity index (χ3n) is 7.49. The fourth-order valence-corrected chi connectivity index (χ4v) is 5.17. The van der Waals surface area contributed by atoms with Crippen molar-refractivity contribution >= 4 is 22.8 Å². The van der Waals surface area contributed by atoms with Crippen molar-refractivity contribution in [1.29, 1.82) is 0 Å². The first-order valence-corrected chi connectivity index (χ1v) is 14.8. The molecule has 0 aliphatic carbocycles. The Labute approximate surface area is 266 Å². The van der Waals surface area contributed by atoms with E-state index in [1.54, 1.807) is 12.1 Å². The molecule has 0 bridgehead atoms. The Balaban J connectivity index is 1.39. The van der Waals surface area contributed by atoms with Gasteiger partial charge in [0.2, 0.25) is 11.8 Å². The number of carbonyl (C=O) groups excluding carboxylic acids is 2. The summed E-state index contributed by atoms with van der Waals surface area (Å²) >= 11 is 0. The predicted octanol–water partition coefficient (Wildman–Crippen LogP) is 6.06. The number of fused-ring (bicyclic) bond motifs is 1. The minimum atomic E-state index is -1.03. The highest BCUT2D eigenvalue weighted by molar-refractivity contribution is 5.89. The van der Waals surface area contributed by atoms with Gasteiger partial charge in [-0.2, -0.15) is 0 Å². The molecule has 5 aromatic carbocycles. The van der Waals surface area contributed by atoms with Crippen LogP contribution in [0.4, 0.5) is 4.39 Å². The number of hydrogen-bond donors (Lipinski definition) is 1. The Bertz CT molecular complexity index is 2020. The van der Waals surface area contributed by atoms with Crippen molar-refractivity contribution in [2.45, 2.75) is 25.7 Å². The van der Waals surface area contributed by atoms with E-state index in [2.05, 4.69) is 27.5 Å². The van der Waals surface area contributed by atoms with Crippen molar-refractivity contribution in [3.05, 3.63) is 167 Å². The largest absolute Gasteiger partial charge is 0.350 e. The van der Waals surface area contributed by atoms with Crippen LogP contribution in [0.15, 0.2) is 133 Å². The summed E-state index contributed by atoms with van der Waals surface area (Å²) in [5.41, 5.74) is 5.07.